The number of fused-ring (bicyclic) bond motifs is 1. The maximum Gasteiger partial charge on any atom is 0.166 e. The van der Waals surface area contributed by atoms with Gasteiger partial charge in [0.25, 0.3) is 0 Å². The number of rotatable bonds is 8. The van der Waals surface area contributed by atoms with Crippen molar-refractivity contribution < 1.29 is 41.7 Å². The van der Waals surface area contributed by atoms with E-state index in [1.807, 2.05) is 44.3 Å². The number of aliphatic hydroxyl groups excluding tert-OH is 1. The molecule has 170 valence electrons. The quantitative estimate of drug-likeness (QED) is 0.515. The molecule has 3 N–H and O–H groups in total. The minimum atomic E-state index is -0.221. The predicted octanol–water partition coefficient (Wildman–Crippen LogP) is -0.309. The number of ether oxygens (including phenoxy) is 3. The summed E-state index contributed by atoms with van der Waals surface area (Å²) in [6.07, 6.45) is 3.83. The number of phenolic OH excluding ortho intramolecular Hbond substituents is 1. The molecule has 0 radical (unpaired) electrons. The number of aliphatic hydroxyl groups is 1. The van der Waals surface area contributed by atoms with Crippen molar-refractivity contribution in [2.75, 3.05) is 34.4 Å². The first-order chi connectivity index (χ1) is 14.4. The van der Waals surface area contributed by atoms with Crippen LogP contribution in [0.2, 0.25) is 0 Å². The standard InChI is InChI=1S/C24H31NO5.ClH/c1-6-7-16-10-19-15(2)23(30-24(19)21(11-16)29-5)17-12-18(14-25(3)8-9-26)22(27)20(13-17)28-4;/h6-7,10-13,15,23,26-27H,8-9,14H2,1-5H3;1H/b7-6+;/t15-,23-;/m1./s1. The Morgan fingerprint density at radius 1 is 1.13 bits per heavy atom. The highest BCUT2D eigenvalue weighted by Gasteiger charge is 2.36. The lowest BCUT2D eigenvalue weighted by atomic mass is 9.90. The van der Waals surface area contributed by atoms with Crippen molar-refractivity contribution in [3.8, 4) is 23.0 Å². The number of allylic oxidation sites excluding steroid dienone is 1. The van der Waals surface area contributed by atoms with E-state index in [1.165, 1.54) is 0 Å². The van der Waals surface area contributed by atoms with E-state index in [0.717, 1.165) is 32.9 Å². The Labute approximate surface area is 190 Å². The van der Waals surface area contributed by atoms with Gasteiger partial charge < -0.3 is 41.7 Å². The van der Waals surface area contributed by atoms with Crippen LogP contribution in [0.3, 0.4) is 0 Å². The number of hydrogen-bond donors (Lipinski definition) is 3. The Hall–Kier alpha value is -2.41. The maximum absolute atomic E-state index is 10.6. The number of likely N-dealkylation sites (N-methyl/N-ethyl adjacent to an activating group) is 1. The fourth-order valence-corrected chi connectivity index (χ4v) is 4.05. The van der Waals surface area contributed by atoms with Crippen molar-refractivity contribution in [3.05, 3.63) is 52.6 Å². The van der Waals surface area contributed by atoms with E-state index in [9.17, 15) is 10.2 Å². The van der Waals surface area contributed by atoms with Crippen LogP contribution < -0.4 is 31.5 Å². The van der Waals surface area contributed by atoms with Crippen LogP contribution in [-0.2, 0) is 6.54 Å². The summed E-state index contributed by atoms with van der Waals surface area (Å²) in [7, 11) is 5.18. The van der Waals surface area contributed by atoms with Gasteiger partial charge in [0.15, 0.2) is 23.0 Å². The lowest BCUT2D eigenvalue weighted by Crippen LogP contribution is -3.08. The third-order valence-electron chi connectivity index (χ3n) is 5.63. The molecule has 2 aromatic carbocycles. The predicted molar refractivity (Wildman–Crippen MR) is 117 cm³/mol. The Bertz CT molecular complexity index is 931. The Kier molecular flexibility index (Phi) is 8.62. The second kappa shape index (κ2) is 10.8. The smallest absolute Gasteiger partial charge is 0.166 e. The van der Waals surface area contributed by atoms with Gasteiger partial charge in [0, 0.05) is 11.5 Å². The van der Waals surface area contributed by atoms with Crippen molar-refractivity contribution in [1.29, 1.82) is 0 Å². The molecule has 0 saturated carbocycles. The van der Waals surface area contributed by atoms with Crippen LogP contribution in [0.4, 0.5) is 0 Å². The van der Waals surface area contributed by atoms with Crippen molar-refractivity contribution in [3.63, 3.8) is 0 Å². The number of aromatic hydroxyl groups is 1. The van der Waals surface area contributed by atoms with Crippen LogP contribution in [0, 0.1) is 0 Å². The molecule has 31 heavy (non-hydrogen) atoms. The molecular formula is C24H32ClNO5. The Morgan fingerprint density at radius 2 is 1.84 bits per heavy atom. The van der Waals surface area contributed by atoms with Crippen LogP contribution >= 0.6 is 0 Å². The van der Waals surface area contributed by atoms with Crippen LogP contribution in [0.5, 0.6) is 23.0 Å². The first kappa shape index (κ1) is 24.9. The molecule has 6 nitrogen and oxygen atoms in total. The maximum atomic E-state index is 10.6. The van der Waals surface area contributed by atoms with E-state index in [-0.39, 0.29) is 36.8 Å². The van der Waals surface area contributed by atoms with Gasteiger partial charge in [-0.05, 0) is 42.3 Å². The van der Waals surface area contributed by atoms with Gasteiger partial charge >= 0.3 is 0 Å². The molecule has 0 saturated heterocycles. The van der Waals surface area contributed by atoms with Gasteiger partial charge in [-0.2, -0.15) is 0 Å². The molecule has 2 aromatic rings. The van der Waals surface area contributed by atoms with E-state index in [2.05, 4.69) is 13.0 Å². The molecule has 3 rings (SSSR count). The summed E-state index contributed by atoms with van der Waals surface area (Å²) in [5.74, 6) is 2.14. The number of hydrogen-bond acceptors (Lipinski definition) is 5. The fraction of sp³-hybridized carbons (Fsp3) is 0.417. The summed E-state index contributed by atoms with van der Waals surface area (Å²) in [4.78, 5) is 1.09. The minimum absolute atomic E-state index is 0. The number of benzene rings is 2. The largest absolute Gasteiger partial charge is 1.00 e. The number of methoxy groups -OCH3 is 2. The Balaban J connectivity index is 0.00000341. The normalized spacial score (nSPS) is 18.3. The molecule has 1 aliphatic rings. The Morgan fingerprint density at radius 3 is 2.45 bits per heavy atom. The first-order valence-corrected chi connectivity index (χ1v) is 10.3. The molecule has 7 heteroatoms. The minimum Gasteiger partial charge on any atom is -1.00 e. The van der Waals surface area contributed by atoms with E-state index < -0.39 is 0 Å². The van der Waals surface area contributed by atoms with Crippen LogP contribution in [0.15, 0.2) is 30.3 Å². The van der Waals surface area contributed by atoms with Gasteiger partial charge in [-0.25, -0.2) is 0 Å². The third-order valence-corrected chi connectivity index (χ3v) is 5.63. The molecule has 0 spiro atoms. The number of phenols is 1. The summed E-state index contributed by atoms with van der Waals surface area (Å²) in [6, 6.07) is 7.93. The highest BCUT2D eigenvalue weighted by Crippen LogP contribution is 2.51. The highest BCUT2D eigenvalue weighted by atomic mass is 35.5. The average molecular weight is 450 g/mol. The van der Waals surface area contributed by atoms with E-state index in [0.29, 0.717) is 24.6 Å². The lowest BCUT2D eigenvalue weighted by Gasteiger charge is -2.20. The molecule has 0 aliphatic carbocycles. The van der Waals surface area contributed by atoms with Crippen molar-refractivity contribution in [1.82, 2.24) is 0 Å². The molecule has 0 fully saturated rings. The van der Waals surface area contributed by atoms with Gasteiger partial charge in [-0.15, -0.1) is 0 Å². The monoisotopic (exact) mass is 449 g/mol. The zero-order valence-corrected chi connectivity index (χ0v) is 19.5. The molecule has 3 atom stereocenters. The number of nitrogens with one attached hydrogen (secondary N) is 1. The number of halogens is 1. The molecule has 1 aliphatic heterocycles. The van der Waals surface area contributed by atoms with Gasteiger partial charge in [-0.3, -0.25) is 0 Å². The first-order valence-electron chi connectivity index (χ1n) is 10.3. The van der Waals surface area contributed by atoms with Gasteiger partial charge in [0.1, 0.15) is 19.2 Å². The topological polar surface area (TPSA) is 72.6 Å². The average Bonchev–Trinajstić information content (AvgIpc) is 3.06. The zero-order valence-electron chi connectivity index (χ0n) is 18.7. The molecule has 0 amide bonds. The van der Waals surface area contributed by atoms with Gasteiger partial charge in [0.2, 0.25) is 0 Å². The summed E-state index contributed by atoms with van der Waals surface area (Å²) in [6.45, 7) is 5.38. The van der Waals surface area contributed by atoms with E-state index >= 15 is 0 Å². The summed E-state index contributed by atoms with van der Waals surface area (Å²) in [5, 5.41) is 19.8. The van der Waals surface area contributed by atoms with E-state index in [1.54, 1.807) is 14.2 Å². The van der Waals surface area contributed by atoms with Crippen LogP contribution in [-0.4, -0.2) is 44.6 Å². The second-order valence-corrected chi connectivity index (χ2v) is 7.81. The molecule has 0 bridgehead atoms. The van der Waals surface area contributed by atoms with Crippen molar-refractivity contribution in [2.45, 2.75) is 32.4 Å². The zero-order chi connectivity index (χ0) is 21.8. The summed E-state index contributed by atoms with van der Waals surface area (Å²) < 4.78 is 17.4. The van der Waals surface area contributed by atoms with Crippen molar-refractivity contribution in [2.24, 2.45) is 0 Å². The lowest BCUT2D eigenvalue weighted by molar-refractivity contribution is -0.894. The molecular weight excluding hydrogens is 418 g/mol. The molecule has 0 aromatic heterocycles. The third kappa shape index (κ3) is 5.09. The second-order valence-electron chi connectivity index (χ2n) is 7.81. The molecule has 1 heterocycles. The summed E-state index contributed by atoms with van der Waals surface area (Å²) >= 11 is 0. The van der Waals surface area contributed by atoms with E-state index in [4.69, 9.17) is 14.2 Å². The van der Waals surface area contributed by atoms with Crippen LogP contribution in [0.25, 0.3) is 6.08 Å². The van der Waals surface area contributed by atoms with Gasteiger partial charge in [0.05, 0.1) is 33.4 Å². The number of quaternary nitrogens is 1. The molecule has 1 unspecified atom stereocenters. The summed E-state index contributed by atoms with van der Waals surface area (Å²) in [5.41, 5.74) is 3.88. The van der Waals surface area contributed by atoms with Crippen molar-refractivity contribution >= 4 is 6.08 Å². The van der Waals surface area contributed by atoms with Gasteiger partial charge in [-0.1, -0.05) is 19.1 Å². The fourth-order valence-electron chi connectivity index (χ4n) is 4.05. The SMILES string of the molecule is C/C=C/c1cc(OC)c2c(c1)[C@@H](C)[C@H](c1cc(C[NH+](C)CCO)c(O)c(OC)c1)O2.[Cl-]. The highest BCUT2D eigenvalue weighted by molar-refractivity contribution is 5.62. The van der Waals surface area contributed by atoms with Crippen LogP contribution in [0.1, 0.15) is 48.1 Å².